The number of nitrogens with one attached hydrogen (secondary N) is 1. The zero-order valence-electron chi connectivity index (χ0n) is 16.9. The van der Waals surface area contributed by atoms with Crippen molar-refractivity contribution in [2.24, 2.45) is 0 Å². The predicted molar refractivity (Wildman–Crippen MR) is 112 cm³/mol. The second kappa shape index (κ2) is 8.20. The lowest BCUT2D eigenvalue weighted by molar-refractivity contribution is -0.125. The van der Waals surface area contributed by atoms with Crippen molar-refractivity contribution in [3.63, 3.8) is 0 Å². The van der Waals surface area contributed by atoms with Crippen molar-refractivity contribution in [2.45, 2.75) is 36.7 Å². The highest BCUT2D eigenvalue weighted by Gasteiger charge is 2.35. The van der Waals surface area contributed by atoms with Crippen molar-refractivity contribution in [2.75, 3.05) is 20.1 Å². The minimum atomic E-state index is -3.63. The Labute approximate surface area is 176 Å². The Balaban J connectivity index is 1.67. The summed E-state index contributed by atoms with van der Waals surface area (Å²) in [6, 6.07) is 13.2. The van der Waals surface area contributed by atoms with Crippen LogP contribution < -0.4 is 5.32 Å². The van der Waals surface area contributed by atoms with Crippen LogP contribution in [0.15, 0.2) is 53.4 Å². The molecule has 2 heterocycles. The van der Waals surface area contributed by atoms with E-state index in [1.165, 1.54) is 21.3 Å². The number of amides is 2. The van der Waals surface area contributed by atoms with Gasteiger partial charge in [0.1, 0.15) is 6.04 Å². The molecular formula is C22H25N3O4S. The molecule has 2 aliphatic rings. The molecular weight excluding hydrogens is 402 g/mol. The van der Waals surface area contributed by atoms with Crippen LogP contribution in [0.2, 0.25) is 0 Å². The van der Waals surface area contributed by atoms with Gasteiger partial charge in [0.2, 0.25) is 15.9 Å². The molecule has 30 heavy (non-hydrogen) atoms. The number of nitrogens with zero attached hydrogens (tertiary/aromatic N) is 2. The SMILES string of the molecule is CNC(=O)[C@@H]1Cc2ccccc2CN1C(=O)c1cccc(S(=O)(=O)N2CCCC2)c1. The highest BCUT2D eigenvalue weighted by atomic mass is 32.2. The lowest BCUT2D eigenvalue weighted by atomic mass is 9.93. The minimum absolute atomic E-state index is 0.115. The molecule has 8 heteroatoms. The number of likely N-dealkylation sites (N-methyl/N-ethyl adjacent to an activating group) is 1. The van der Waals surface area contributed by atoms with E-state index in [-0.39, 0.29) is 22.3 Å². The van der Waals surface area contributed by atoms with Crippen molar-refractivity contribution in [1.29, 1.82) is 0 Å². The summed E-state index contributed by atoms with van der Waals surface area (Å²) in [7, 11) is -2.07. The summed E-state index contributed by atoms with van der Waals surface area (Å²) in [5, 5.41) is 2.64. The summed E-state index contributed by atoms with van der Waals surface area (Å²) < 4.78 is 27.3. The molecule has 0 saturated carbocycles. The van der Waals surface area contributed by atoms with Crippen molar-refractivity contribution in [3.8, 4) is 0 Å². The summed E-state index contributed by atoms with van der Waals surface area (Å²) in [5.74, 6) is -0.588. The number of benzene rings is 2. The fraction of sp³-hybridized carbons (Fsp3) is 0.364. The molecule has 4 rings (SSSR count). The Morgan fingerprint density at radius 3 is 2.40 bits per heavy atom. The molecule has 0 aromatic heterocycles. The number of hydrogen-bond donors (Lipinski definition) is 1. The van der Waals surface area contributed by atoms with E-state index in [1.807, 2.05) is 24.3 Å². The molecule has 0 bridgehead atoms. The standard InChI is InChI=1S/C22H25N3O4S/c1-23-21(26)20-14-16-7-2-3-8-18(16)15-25(20)22(27)17-9-6-10-19(13-17)30(28,29)24-11-4-5-12-24/h2-3,6-10,13,20H,4-5,11-12,14-15H2,1H3,(H,23,26)/t20-/m0/s1. The van der Waals surface area contributed by atoms with Gasteiger partial charge in [0.15, 0.2) is 0 Å². The van der Waals surface area contributed by atoms with E-state index in [0.29, 0.717) is 26.1 Å². The van der Waals surface area contributed by atoms with Crippen LogP contribution in [0.5, 0.6) is 0 Å². The average molecular weight is 428 g/mol. The quantitative estimate of drug-likeness (QED) is 0.806. The van der Waals surface area contributed by atoms with Crippen LogP contribution >= 0.6 is 0 Å². The van der Waals surface area contributed by atoms with E-state index in [0.717, 1.165) is 24.0 Å². The van der Waals surface area contributed by atoms with Gasteiger partial charge in [-0.1, -0.05) is 30.3 Å². The monoisotopic (exact) mass is 427 g/mol. The molecule has 1 saturated heterocycles. The fourth-order valence-corrected chi connectivity index (χ4v) is 5.73. The number of fused-ring (bicyclic) bond motifs is 1. The van der Waals surface area contributed by atoms with E-state index in [2.05, 4.69) is 5.32 Å². The Bertz CT molecular complexity index is 1080. The summed E-state index contributed by atoms with van der Waals surface area (Å²) >= 11 is 0. The topological polar surface area (TPSA) is 86.8 Å². The van der Waals surface area contributed by atoms with E-state index < -0.39 is 16.1 Å². The molecule has 2 aromatic carbocycles. The van der Waals surface area contributed by atoms with Gasteiger partial charge in [0.05, 0.1) is 4.90 Å². The first-order chi connectivity index (χ1) is 14.4. The second-order valence-electron chi connectivity index (χ2n) is 7.67. The highest BCUT2D eigenvalue weighted by Crippen LogP contribution is 2.27. The Kier molecular flexibility index (Phi) is 5.62. The van der Waals surface area contributed by atoms with E-state index in [4.69, 9.17) is 0 Å². The van der Waals surface area contributed by atoms with Gasteiger partial charge in [-0.2, -0.15) is 4.31 Å². The van der Waals surface area contributed by atoms with E-state index in [9.17, 15) is 18.0 Å². The highest BCUT2D eigenvalue weighted by molar-refractivity contribution is 7.89. The van der Waals surface area contributed by atoms with Gasteiger partial charge in [-0.15, -0.1) is 0 Å². The Morgan fingerprint density at radius 1 is 1.00 bits per heavy atom. The van der Waals surface area contributed by atoms with Gasteiger partial charge in [-0.05, 0) is 42.2 Å². The molecule has 0 spiro atoms. The molecule has 2 aromatic rings. The average Bonchev–Trinajstić information content (AvgIpc) is 3.33. The van der Waals surface area contributed by atoms with Gasteiger partial charge >= 0.3 is 0 Å². The Morgan fingerprint density at radius 2 is 1.70 bits per heavy atom. The molecule has 1 N–H and O–H groups in total. The first-order valence-electron chi connectivity index (χ1n) is 10.1. The number of carbonyl (C=O) groups is 2. The number of carbonyl (C=O) groups excluding carboxylic acids is 2. The van der Waals surface area contributed by atoms with Gasteiger partial charge in [-0.25, -0.2) is 8.42 Å². The van der Waals surface area contributed by atoms with E-state index in [1.54, 1.807) is 19.2 Å². The first kappa shape index (κ1) is 20.6. The molecule has 0 radical (unpaired) electrons. The van der Waals surface area contributed by atoms with Crippen LogP contribution in [0, 0.1) is 0 Å². The van der Waals surface area contributed by atoms with Crippen molar-refractivity contribution < 1.29 is 18.0 Å². The molecule has 1 fully saturated rings. The van der Waals surface area contributed by atoms with Gasteiger partial charge < -0.3 is 10.2 Å². The third kappa shape index (κ3) is 3.73. The fourth-order valence-electron chi connectivity index (χ4n) is 4.17. The smallest absolute Gasteiger partial charge is 0.254 e. The van der Waals surface area contributed by atoms with Gasteiger partial charge in [0, 0.05) is 38.7 Å². The van der Waals surface area contributed by atoms with Gasteiger partial charge in [-0.3, -0.25) is 9.59 Å². The normalized spacial score (nSPS) is 19.4. The van der Waals surface area contributed by atoms with E-state index >= 15 is 0 Å². The third-order valence-corrected chi connectivity index (χ3v) is 7.74. The number of hydrogen-bond acceptors (Lipinski definition) is 4. The van der Waals surface area contributed by atoms with Crippen molar-refractivity contribution in [3.05, 3.63) is 65.2 Å². The number of sulfonamides is 1. The molecule has 158 valence electrons. The zero-order chi connectivity index (χ0) is 21.3. The predicted octanol–water partition coefficient (Wildman–Crippen LogP) is 1.78. The van der Waals surface area contributed by atoms with Crippen LogP contribution in [0.4, 0.5) is 0 Å². The van der Waals surface area contributed by atoms with Crippen molar-refractivity contribution >= 4 is 21.8 Å². The largest absolute Gasteiger partial charge is 0.357 e. The van der Waals surface area contributed by atoms with Gasteiger partial charge in [0.25, 0.3) is 5.91 Å². The first-order valence-corrected chi connectivity index (χ1v) is 11.6. The van der Waals surface area contributed by atoms with Crippen LogP contribution in [-0.4, -0.2) is 55.6 Å². The van der Waals surface area contributed by atoms with Crippen LogP contribution in [0.3, 0.4) is 0 Å². The van der Waals surface area contributed by atoms with Crippen LogP contribution in [0.25, 0.3) is 0 Å². The summed E-state index contributed by atoms with van der Waals surface area (Å²) in [5.41, 5.74) is 2.30. The molecule has 7 nitrogen and oxygen atoms in total. The maximum atomic E-state index is 13.4. The number of rotatable bonds is 4. The zero-order valence-corrected chi connectivity index (χ0v) is 17.7. The lowest BCUT2D eigenvalue weighted by Crippen LogP contribution is -2.51. The minimum Gasteiger partial charge on any atom is -0.357 e. The Hall–Kier alpha value is -2.71. The molecule has 1 atom stereocenters. The third-order valence-electron chi connectivity index (χ3n) is 5.84. The summed E-state index contributed by atoms with van der Waals surface area (Å²) in [6.07, 6.45) is 2.12. The molecule has 2 amide bonds. The maximum absolute atomic E-state index is 13.4. The molecule has 2 aliphatic heterocycles. The van der Waals surface area contributed by atoms with Crippen LogP contribution in [0.1, 0.15) is 34.3 Å². The summed E-state index contributed by atoms with van der Waals surface area (Å²) in [4.78, 5) is 27.5. The molecule has 0 aliphatic carbocycles. The lowest BCUT2D eigenvalue weighted by Gasteiger charge is -2.36. The van der Waals surface area contributed by atoms with Crippen LogP contribution in [-0.2, 0) is 27.8 Å². The van der Waals surface area contributed by atoms with Crippen molar-refractivity contribution in [1.82, 2.24) is 14.5 Å². The summed E-state index contributed by atoms with van der Waals surface area (Å²) in [6.45, 7) is 1.31. The molecule has 0 unspecified atom stereocenters. The second-order valence-corrected chi connectivity index (χ2v) is 9.61. The maximum Gasteiger partial charge on any atom is 0.254 e.